The zero-order valence-corrected chi connectivity index (χ0v) is 9.38. The second kappa shape index (κ2) is 5.97. The fourth-order valence-electron chi connectivity index (χ4n) is 1.79. The first-order valence-electron chi connectivity index (χ1n) is 5.64. The molecule has 0 aliphatic carbocycles. The predicted molar refractivity (Wildman–Crippen MR) is 59.3 cm³/mol. The van der Waals surface area contributed by atoms with Gasteiger partial charge in [-0.2, -0.15) is 0 Å². The van der Waals surface area contributed by atoms with Crippen LogP contribution in [-0.2, 0) is 4.79 Å². The second-order valence-electron chi connectivity index (χ2n) is 4.14. The van der Waals surface area contributed by atoms with Crippen LogP contribution >= 0.6 is 0 Å². The van der Waals surface area contributed by atoms with Gasteiger partial charge in [0.15, 0.2) is 5.78 Å². The van der Waals surface area contributed by atoms with Gasteiger partial charge >= 0.3 is 0 Å². The van der Waals surface area contributed by atoms with Gasteiger partial charge in [0, 0.05) is 25.1 Å². The lowest BCUT2D eigenvalue weighted by Crippen LogP contribution is -2.28. The Kier molecular flexibility index (Phi) is 4.88. The molecule has 2 heteroatoms. The van der Waals surface area contributed by atoms with Gasteiger partial charge in [0.25, 0.3) is 0 Å². The maximum Gasteiger partial charge on any atom is 0.159 e. The van der Waals surface area contributed by atoms with E-state index in [9.17, 15) is 4.79 Å². The van der Waals surface area contributed by atoms with Gasteiger partial charge in [-0.25, -0.2) is 0 Å². The molecule has 1 aliphatic rings. The van der Waals surface area contributed by atoms with Gasteiger partial charge in [0.05, 0.1) is 0 Å². The molecule has 0 atom stereocenters. The van der Waals surface area contributed by atoms with Crippen molar-refractivity contribution < 1.29 is 4.79 Å². The van der Waals surface area contributed by atoms with Crippen molar-refractivity contribution in [3.05, 3.63) is 11.6 Å². The molecule has 0 radical (unpaired) electrons. The van der Waals surface area contributed by atoms with Gasteiger partial charge in [-0.05, 0) is 19.9 Å². The van der Waals surface area contributed by atoms with E-state index < -0.39 is 0 Å². The zero-order chi connectivity index (χ0) is 10.4. The monoisotopic (exact) mass is 195 g/mol. The van der Waals surface area contributed by atoms with Gasteiger partial charge < -0.3 is 4.90 Å². The van der Waals surface area contributed by atoms with E-state index in [4.69, 9.17) is 0 Å². The third-order valence-corrected chi connectivity index (χ3v) is 2.71. The number of likely N-dealkylation sites (N-methyl/N-ethyl adjacent to an activating group) is 1. The highest BCUT2D eigenvalue weighted by atomic mass is 16.1. The minimum atomic E-state index is 0.366. The Hall–Kier alpha value is -0.630. The Bertz CT molecular complexity index is 220. The summed E-state index contributed by atoms with van der Waals surface area (Å²) in [7, 11) is 2.08. The van der Waals surface area contributed by atoms with Crippen molar-refractivity contribution in [2.24, 2.45) is 0 Å². The summed E-state index contributed by atoms with van der Waals surface area (Å²) in [6.07, 6.45) is 7.31. The van der Waals surface area contributed by atoms with E-state index in [2.05, 4.69) is 24.9 Å². The standard InChI is InChI=1S/C12H21NO/c1-3-4-5-8-12(14)11-7-6-9-13(2)10-11/h7H,3-6,8-10H2,1-2H3. The van der Waals surface area contributed by atoms with Gasteiger partial charge in [-0.1, -0.05) is 25.8 Å². The molecule has 0 aromatic heterocycles. The summed E-state index contributed by atoms with van der Waals surface area (Å²) < 4.78 is 0. The van der Waals surface area contributed by atoms with Crippen LogP contribution in [-0.4, -0.2) is 30.8 Å². The number of ketones is 1. The van der Waals surface area contributed by atoms with Crippen LogP contribution in [0.15, 0.2) is 11.6 Å². The molecule has 0 N–H and O–H groups in total. The molecule has 14 heavy (non-hydrogen) atoms. The number of hydrogen-bond acceptors (Lipinski definition) is 2. The zero-order valence-electron chi connectivity index (χ0n) is 9.38. The van der Waals surface area contributed by atoms with Crippen LogP contribution in [0.1, 0.15) is 39.0 Å². The highest BCUT2D eigenvalue weighted by Crippen LogP contribution is 2.12. The number of Topliss-reactive ketones (excluding diaryl/α,β-unsaturated/α-hetero) is 1. The number of carbonyl (C=O) groups is 1. The molecule has 1 heterocycles. The van der Waals surface area contributed by atoms with Crippen LogP contribution in [0.25, 0.3) is 0 Å². The summed E-state index contributed by atoms with van der Waals surface area (Å²) >= 11 is 0. The molecule has 0 saturated heterocycles. The molecule has 0 amide bonds. The third-order valence-electron chi connectivity index (χ3n) is 2.71. The molecule has 1 aliphatic heterocycles. The average Bonchev–Trinajstić information content (AvgIpc) is 2.18. The molecular weight excluding hydrogens is 174 g/mol. The van der Waals surface area contributed by atoms with Crippen LogP contribution in [0.2, 0.25) is 0 Å². The maximum atomic E-state index is 11.7. The average molecular weight is 195 g/mol. The number of hydrogen-bond donors (Lipinski definition) is 0. The molecule has 0 unspecified atom stereocenters. The van der Waals surface area contributed by atoms with E-state index >= 15 is 0 Å². The van der Waals surface area contributed by atoms with Crippen LogP contribution in [0, 0.1) is 0 Å². The fraction of sp³-hybridized carbons (Fsp3) is 0.750. The fourth-order valence-corrected chi connectivity index (χ4v) is 1.79. The normalized spacial score (nSPS) is 18.0. The minimum Gasteiger partial charge on any atom is -0.302 e. The van der Waals surface area contributed by atoms with E-state index in [0.717, 1.165) is 37.9 Å². The quantitative estimate of drug-likeness (QED) is 0.628. The van der Waals surface area contributed by atoms with Crippen molar-refractivity contribution in [1.29, 1.82) is 0 Å². The summed E-state index contributed by atoms with van der Waals surface area (Å²) in [6, 6.07) is 0. The molecule has 0 fully saturated rings. The van der Waals surface area contributed by atoms with E-state index in [1.54, 1.807) is 0 Å². The lowest BCUT2D eigenvalue weighted by molar-refractivity contribution is -0.116. The highest BCUT2D eigenvalue weighted by Gasteiger charge is 2.14. The van der Waals surface area contributed by atoms with Gasteiger partial charge in [-0.15, -0.1) is 0 Å². The number of rotatable bonds is 5. The smallest absolute Gasteiger partial charge is 0.159 e. The van der Waals surface area contributed by atoms with Crippen LogP contribution in [0.5, 0.6) is 0 Å². The van der Waals surface area contributed by atoms with Crippen molar-refractivity contribution in [3.8, 4) is 0 Å². The molecule has 0 bridgehead atoms. The molecule has 2 nitrogen and oxygen atoms in total. The lowest BCUT2D eigenvalue weighted by atomic mass is 10.0. The summed E-state index contributed by atoms with van der Waals surface area (Å²) in [5.41, 5.74) is 1.04. The maximum absolute atomic E-state index is 11.7. The molecule has 0 aromatic carbocycles. The van der Waals surface area contributed by atoms with E-state index in [0.29, 0.717) is 5.78 Å². The Morgan fingerprint density at radius 2 is 2.29 bits per heavy atom. The van der Waals surface area contributed by atoms with Crippen molar-refractivity contribution >= 4 is 5.78 Å². The molecular formula is C12H21NO. The van der Waals surface area contributed by atoms with Crippen LogP contribution < -0.4 is 0 Å². The van der Waals surface area contributed by atoms with Crippen molar-refractivity contribution in [2.75, 3.05) is 20.1 Å². The summed E-state index contributed by atoms with van der Waals surface area (Å²) in [4.78, 5) is 13.9. The van der Waals surface area contributed by atoms with Gasteiger partial charge in [0.2, 0.25) is 0 Å². The summed E-state index contributed by atoms with van der Waals surface area (Å²) in [5.74, 6) is 0.366. The first-order valence-corrected chi connectivity index (χ1v) is 5.64. The van der Waals surface area contributed by atoms with E-state index in [1.807, 2.05) is 0 Å². The van der Waals surface area contributed by atoms with Crippen molar-refractivity contribution in [3.63, 3.8) is 0 Å². The summed E-state index contributed by atoms with van der Waals surface area (Å²) in [5, 5.41) is 0. The second-order valence-corrected chi connectivity index (χ2v) is 4.14. The molecule has 0 saturated carbocycles. The first-order chi connectivity index (χ1) is 6.74. The minimum absolute atomic E-state index is 0.366. The third kappa shape index (κ3) is 3.62. The molecule has 0 aromatic rings. The number of carbonyl (C=O) groups excluding carboxylic acids is 1. The first kappa shape index (κ1) is 11.4. The summed E-state index contributed by atoms with van der Waals surface area (Å²) in [6.45, 7) is 4.11. The molecule has 80 valence electrons. The Balaban J connectivity index is 2.32. The highest BCUT2D eigenvalue weighted by molar-refractivity contribution is 5.95. The predicted octanol–water partition coefficient (Wildman–Crippen LogP) is 2.40. The van der Waals surface area contributed by atoms with Gasteiger partial charge in [-0.3, -0.25) is 4.79 Å². The Morgan fingerprint density at radius 3 is 2.93 bits per heavy atom. The Morgan fingerprint density at radius 1 is 1.50 bits per heavy atom. The molecule has 0 spiro atoms. The lowest BCUT2D eigenvalue weighted by Gasteiger charge is -2.22. The number of unbranched alkanes of at least 4 members (excludes halogenated alkanes) is 2. The topological polar surface area (TPSA) is 20.3 Å². The van der Waals surface area contributed by atoms with Crippen molar-refractivity contribution in [2.45, 2.75) is 39.0 Å². The Labute approximate surface area is 87.0 Å². The van der Waals surface area contributed by atoms with Crippen molar-refractivity contribution in [1.82, 2.24) is 4.90 Å². The number of nitrogens with zero attached hydrogens (tertiary/aromatic N) is 1. The largest absolute Gasteiger partial charge is 0.302 e. The van der Waals surface area contributed by atoms with E-state index in [-0.39, 0.29) is 0 Å². The molecule has 1 rings (SSSR count). The van der Waals surface area contributed by atoms with Gasteiger partial charge in [0.1, 0.15) is 0 Å². The van der Waals surface area contributed by atoms with Crippen LogP contribution in [0.4, 0.5) is 0 Å². The van der Waals surface area contributed by atoms with Crippen LogP contribution in [0.3, 0.4) is 0 Å². The van der Waals surface area contributed by atoms with E-state index in [1.165, 1.54) is 12.8 Å². The SMILES string of the molecule is CCCCCC(=O)C1=CCCN(C)C1.